The zero-order valence-corrected chi connectivity index (χ0v) is 13.0. The van der Waals surface area contributed by atoms with Gasteiger partial charge in [0.2, 0.25) is 5.78 Å². The third-order valence-corrected chi connectivity index (χ3v) is 3.42. The highest BCUT2D eigenvalue weighted by Gasteiger charge is 2.08. The molecule has 0 atom stereocenters. The molecule has 2 aromatic rings. The fourth-order valence-electron chi connectivity index (χ4n) is 2.11. The van der Waals surface area contributed by atoms with Gasteiger partial charge in [-0.3, -0.25) is 9.48 Å². The minimum atomic E-state index is -0.0821. The summed E-state index contributed by atoms with van der Waals surface area (Å²) >= 11 is 5.88. The van der Waals surface area contributed by atoms with Gasteiger partial charge >= 0.3 is 0 Å². The second-order valence-electron chi connectivity index (χ2n) is 4.70. The molecule has 0 saturated carbocycles. The Bertz CT molecular complexity index is 690. The molecule has 21 heavy (non-hydrogen) atoms. The van der Waals surface area contributed by atoms with E-state index in [1.54, 1.807) is 31.0 Å². The van der Waals surface area contributed by atoms with E-state index in [4.69, 9.17) is 16.3 Å². The number of aryl methyl sites for hydroxylation is 2. The minimum Gasteiger partial charge on any atom is -0.496 e. The van der Waals surface area contributed by atoms with Gasteiger partial charge in [-0.1, -0.05) is 12.1 Å². The predicted octanol–water partition coefficient (Wildman–Crippen LogP) is 3.37. The molecule has 0 aliphatic carbocycles. The fraction of sp³-hybridized carbons (Fsp3) is 0.250. The SMILES string of the molecule is COc1ccc(/C=C/C(=O)c2cc(C)nn2C)cc1CCl. The molecule has 4 nitrogen and oxygen atoms in total. The molecule has 0 fully saturated rings. The smallest absolute Gasteiger partial charge is 0.203 e. The Morgan fingerprint density at radius 2 is 2.19 bits per heavy atom. The van der Waals surface area contributed by atoms with Crippen molar-refractivity contribution in [1.82, 2.24) is 9.78 Å². The van der Waals surface area contributed by atoms with Gasteiger partial charge in [0.05, 0.1) is 18.7 Å². The van der Waals surface area contributed by atoms with Crippen molar-refractivity contribution >= 4 is 23.5 Å². The molecule has 0 aliphatic heterocycles. The molecule has 0 bridgehead atoms. The highest BCUT2D eigenvalue weighted by molar-refractivity contribution is 6.17. The van der Waals surface area contributed by atoms with Crippen molar-refractivity contribution in [1.29, 1.82) is 0 Å². The van der Waals surface area contributed by atoms with Gasteiger partial charge in [-0.05, 0) is 36.8 Å². The van der Waals surface area contributed by atoms with E-state index in [0.29, 0.717) is 11.6 Å². The number of nitrogens with zero attached hydrogens (tertiary/aromatic N) is 2. The predicted molar refractivity (Wildman–Crippen MR) is 83.9 cm³/mol. The summed E-state index contributed by atoms with van der Waals surface area (Å²) < 4.78 is 6.80. The standard InChI is InChI=1S/C16H17ClN2O2/c1-11-8-14(19(2)18-11)15(20)6-4-12-5-7-16(21-3)13(9-12)10-17/h4-9H,10H2,1-3H3/b6-4+. The first kappa shape index (κ1) is 15.3. The number of allylic oxidation sites excluding steroid dienone is 1. The van der Waals surface area contributed by atoms with Gasteiger partial charge in [-0.2, -0.15) is 5.10 Å². The van der Waals surface area contributed by atoms with Crippen molar-refractivity contribution in [3.63, 3.8) is 0 Å². The third kappa shape index (κ3) is 3.52. The number of aromatic nitrogens is 2. The summed E-state index contributed by atoms with van der Waals surface area (Å²) in [6.07, 6.45) is 3.30. The Kier molecular flexibility index (Phi) is 4.81. The fourth-order valence-corrected chi connectivity index (χ4v) is 2.31. The molecule has 0 radical (unpaired) electrons. The maximum atomic E-state index is 12.1. The van der Waals surface area contributed by atoms with E-state index in [1.165, 1.54) is 6.08 Å². The molecule has 1 heterocycles. The second kappa shape index (κ2) is 6.59. The molecule has 1 aromatic carbocycles. The van der Waals surface area contributed by atoms with Crippen LogP contribution in [-0.2, 0) is 12.9 Å². The lowest BCUT2D eigenvalue weighted by molar-refractivity contribution is 0.103. The number of ketones is 1. The number of rotatable bonds is 5. The molecular formula is C16H17ClN2O2. The van der Waals surface area contributed by atoms with Crippen LogP contribution in [0.2, 0.25) is 0 Å². The highest BCUT2D eigenvalue weighted by Crippen LogP contribution is 2.22. The van der Waals surface area contributed by atoms with Gasteiger partial charge in [0.1, 0.15) is 11.4 Å². The Morgan fingerprint density at radius 1 is 1.43 bits per heavy atom. The number of methoxy groups -OCH3 is 1. The molecule has 110 valence electrons. The molecule has 0 aliphatic rings. The van der Waals surface area contributed by atoms with E-state index in [9.17, 15) is 4.79 Å². The zero-order valence-electron chi connectivity index (χ0n) is 12.3. The van der Waals surface area contributed by atoms with Gasteiger partial charge in [-0.15, -0.1) is 11.6 Å². The largest absolute Gasteiger partial charge is 0.496 e. The summed E-state index contributed by atoms with van der Waals surface area (Å²) in [5, 5.41) is 4.17. The number of carbonyl (C=O) groups excluding carboxylic acids is 1. The number of hydrogen-bond acceptors (Lipinski definition) is 3. The van der Waals surface area contributed by atoms with E-state index in [-0.39, 0.29) is 5.78 Å². The highest BCUT2D eigenvalue weighted by atomic mass is 35.5. The van der Waals surface area contributed by atoms with Gasteiger partial charge in [-0.25, -0.2) is 0 Å². The van der Waals surface area contributed by atoms with E-state index < -0.39 is 0 Å². The number of alkyl halides is 1. The van der Waals surface area contributed by atoms with Crippen LogP contribution in [0.3, 0.4) is 0 Å². The van der Waals surface area contributed by atoms with Crippen LogP contribution in [0.15, 0.2) is 30.3 Å². The van der Waals surface area contributed by atoms with Crippen LogP contribution < -0.4 is 4.74 Å². The van der Waals surface area contributed by atoms with Crippen LogP contribution in [0, 0.1) is 6.92 Å². The summed E-state index contributed by atoms with van der Waals surface area (Å²) in [5.74, 6) is 1.02. The molecule has 0 saturated heterocycles. The number of hydrogen-bond donors (Lipinski definition) is 0. The van der Waals surface area contributed by atoms with Crippen LogP contribution in [0.1, 0.15) is 27.3 Å². The average molecular weight is 305 g/mol. The number of ether oxygens (including phenoxy) is 1. The lowest BCUT2D eigenvalue weighted by Crippen LogP contribution is -2.03. The first-order valence-electron chi connectivity index (χ1n) is 6.51. The van der Waals surface area contributed by atoms with Crippen LogP contribution in [0.4, 0.5) is 0 Å². The molecule has 0 unspecified atom stereocenters. The molecule has 1 aromatic heterocycles. The van der Waals surface area contributed by atoms with E-state index >= 15 is 0 Å². The summed E-state index contributed by atoms with van der Waals surface area (Å²) in [6.45, 7) is 1.86. The Balaban J connectivity index is 2.21. The van der Waals surface area contributed by atoms with Gasteiger partial charge in [0.25, 0.3) is 0 Å². The molecule has 0 N–H and O–H groups in total. The lowest BCUT2D eigenvalue weighted by atomic mass is 10.1. The van der Waals surface area contributed by atoms with Crippen LogP contribution >= 0.6 is 11.6 Å². The van der Waals surface area contributed by atoms with E-state index in [2.05, 4.69) is 5.10 Å². The number of halogens is 1. The van der Waals surface area contributed by atoms with Gasteiger partial charge in [0, 0.05) is 12.6 Å². The molecular weight excluding hydrogens is 288 g/mol. The summed E-state index contributed by atoms with van der Waals surface area (Å²) in [4.78, 5) is 12.1. The van der Waals surface area contributed by atoms with Crippen LogP contribution in [0.5, 0.6) is 5.75 Å². The third-order valence-electron chi connectivity index (χ3n) is 3.13. The maximum Gasteiger partial charge on any atom is 0.203 e. The average Bonchev–Trinajstić information content (AvgIpc) is 2.83. The van der Waals surface area contributed by atoms with Crippen molar-refractivity contribution in [3.8, 4) is 5.75 Å². The monoisotopic (exact) mass is 304 g/mol. The summed E-state index contributed by atoms with van der Waals surface area (Å²) in [7, 11) is 3.36. The summed E-state index contributed by atoms with van der Waals surface area (Å²) in [6, 6.07) is 7.40. The van der Waals surface area contributed by atoms with Crippen molar-refractivity contribution in [2.45, 2.75) is 12.8 Å². The van der Waals surface area contributed by atoms with Crippen molar-refractivity contribution < 1.29 is 9.53 Å². The lowest BCUT2D eigenvalue weighted by Gasteiger charge is -2.06. The van der Waals surface area contributed by atoms with Crippen LogP contribution in [-0.4, -0.2) is 22.7 Å². The van der Waals surface area contributed by atoms with Crippen molar-refractivity contribution in [2.24, 2.45) is 7.05 Å². The van der Waals surface area contributed by atoms with Crippen molar-refractivity contribution in [3.05, 3.63) is 52.9 Å². The normalized spacial score (nSPS) is 11.0. The zero-order chi connectivity index (χ0) is 15.4. The Labute approximate surface area is 129 Å². The van der Waals surface area contributed by atoms with Crippen molar-refractivity contribution in [2.75, 3.05) is 7.11 Å². The number of carbonyl (C=O) groups is 1. The first-order valence-corrected chi connectivity index (χ1v) is 7.04. The minimum absolute atomic E-state index is 0.0821. The molecule has 5 heteroatoms. The molecule has 2 rings (SSSR count). The number of benzene rings is 1. The quantitative estimate of drug-likeness (QED) is 0.483. The topological polar surface area (TPSA) is 44.1 Å². The van der Waals surface area contributed by atoms with E-state index in [1.807, 2.05) is 25.1 Å². The Morgan fingerprint density at radius 3 is 2.76 bits per heavy atom. The van der Waals surface area contributed by atoms with Gasteiger partial charge in [0.15, 0.2) is 0 Å². The second-order valence-corrected chi connectivity index (χ2v) is 4.96. The first-order chi connectivity index (χ1) is 10.0. The maximum absolute atomic E-state index is 12.1. The van der Waals surface area contributed by atoms with E-state index in [0.717, 1.165) is 22.6 Å². The molecule has 0 spiro atoms. The summed E-state index contributed by atoms with van der Waals surface area (Å²) in [5.41, 5.74) is 3.18. The molecule has 0 amide bonds. The van der Waals surface area contributed by atoms with Gasteiger partial charge < -0.3 is 4.74 Å². The Hall–Kier alpha value is -2.07. The van der Waals surface area contributed by atoms with Crippen LogP contribution in [0.25, 0.3) is 6.08 Å².